The number of hydrogen-bond donors (Lipinski definition) is 2. The van der Waals surface area contributed by atoms with Gasteiger partial charge in [0.15, 0.2) is 5.75 Å². The summed E-state index contributed by atoms with van der Waals surface area (Å²) in [6.07, 6.45) is 0.558. The van der Waals surface area contributed by atoms with E-state index in [1.54, 1.807) is 31.5 Å². The summed E-state index contributed by atoms with van der Waals surface area (Å²) < 4.78 is 44.3. The lowest BCUT2D eigenvalue weighted by atomic mass is 9.83. The second-order valence-electron chi connectivity index (χ2n) is 8.94. The highest BCUT2D eigenvalue weighted by molar-refractivity contribution is 5.37. The Kier molecular flexibility index (Phi) is 5.83. The molecule has 6 nitrogen and oxygen atoms in total. The Balaban J connectivity index is 1.32. The number of nitrogens with one attached hydrogen (secondary N) is 1. The molecule has 9 heteroatoms. The lowest BCUT2D eigenvalue weighted by Gasteiger charge is -2.44. The molecule has 0 bridgehead atoms. The highest BCUT2D eigenvalue weighted by Crippen LogP contribution is 2.34. The molecule has 2 aliphatic rings. The van der Waals surface area contributed by atoms with Crippen LogP contribution in [0.4, 0.5) is 19.1 Å². The number of alkyl halides is 3. The zero-order valence-corrected chi connectivity index (χ0v) is 17.6. The van der Waals surface area contributed by atoms with Gasteiger partial charge in [-0.15, -0.1) is 0 Å². The van der Waals surface area contributed by atoms with E-state index in [1.807, 2.05) is 4.90 Å². The van der Waals surface area contributed by atoms with E-state index < -0.39 is 17.3 Å². The van der Waals surface area contributed by atoms with E-state index >= 15 is 0 Å². The van der Waals surface area contributed by atoms with Gasteiger partial charge in [0.25, 0.3) is 0 Å². The van der Waals surface area contributed by atoms with Gasteiger partial charge < -0.3 is 20.1 Å². The SMILES string of the molecule is C[C@H]1C[C@@H](c2ccc(C(F)(F)F)cc2)C[C@@H](COc2cnc(N3CC(C)(O)C3)nc2)N1. The molecular weight excluding hydrogens is 409 g/mol. The molecule has 2 aliphatic heterocycles. The van der Waals surface area contributed by atoms with Gasteiger partial charge in [-0.1, -0.05) is 12.1 Å². The van der Waals surface area contributed by atoms with Crippen LogP contribution in [0.1, 0.15) is 43.7 Å². The van der Waals surface area contributed by atoms with Crippen molar-refractivity contribution < 1.29 is 23.0 Å². The second-order valence-corrected chi connectivity index (χ2v) is 8.94. The summed E-state index contributed by atoms with van der Waals surface area (Å²) in [5.41, 5.74) is -0.390. The molecule has 0 unspecified atom stereocenters. The van der Waals surface area contributed by atoms with Crippen molar-refractivity contribution in [1.29, 1.82) is 0 Å². The first-order valence-electron chi connectivity index (χ1n) is 10.4. The molecule has 2 aromatic rings. The van der Waals surface area contributed by atoms with Crippen molar-refractivity contribution in [2.24, 2.45) is 0 Å². The zero-order valence-electron chi connectivity index (χ0n) is 17.6. The molecule has 2 N–H and O–H groups in total. The largest absolute Gasteiger partial charge is 0.489 e. The van der Waals surface area contributed by atoms with Crippen LogP contribution in [0.3, 0.4) is 0 Å². The van der Waals surface area contributed by atoms with Crippen LogP contribution in [0.15, 0.2) is 36.7 Å². The molecule has 0 amide bonds. The van der Waals surface area contributed by atoms with Gasteiger partial charge in [-0.05, 0) is 50.3 Å². The predicted octanol–water partition coefficient (Wildman–Crippen LogP) is 3.37. The summed E-state index contributed by atoms with van der Waals surface area (Å²) in [5.74, 6) is 1.29. The Bertz CT molecular complexity index is 879. The van der Waals surface area contributed by atoms with Crippen LogP contribution in [0.25, 0.3) is 0 Å². The lowest BCUT2D eigenvalue weighted by Crippen LogP contribution is -2.60. The fourth-order valence-corrected chi connectivity index (χ4v) is 4.40. The molecule has 3 atom stereocenters. The molecule has 168 valence electrons. The normalized spacial score (nSPS) is 25.7. The first-order chi connectivity index (χ1) is 14.6. The first-order valence-corrected chi connectivity index (χ1v) is 10.4. The van der Waals surface area contributed by atoms with Crippen molar-refractivity contribution in [3.05, 3.63) is 47.8 Å². The number of β-amino-alcohol motifs (C(OH)–C–C–N with tert-alkyl or cyclic N) is 1. The van der Waals surface area contributed by atoms with Crippen LogP contribution < -0.4 is 15.0 Å². The van der Waals surface area contributed by atoms with Gasteiger partial charge >= 0.3 is 6.18 Å². The Morgan fingerprint density at radius 1 is 1.16 bits per heavy atom. The van der Waals surface area contributed by atoms with Crippen LogP contribution in [-0.4, -0.2) is 52.5 Å². The van der Waals surface area contributed by atoms with E-state index in [-0.39, 0.29) is 18.0 Å². The number of ether oxygens (including phenoxy) is 1. The zero-order chi connectivity index (χ0) is 22.2. The third kappa shape index (κ3) is 5.27. The van der Waals surface area contributed by atoms with Crippen LogP contribution in [0, 0.1) is 0 Å². The number of benzene rings is 1. The van der Waals surface area contributed by atoms with Gasteiger partial charge in [0.1, 0.15) is 6.61 Å². The van der Waals surface area contributed by atoms with E-state index in [1.165, 1.54) is 0 Å². The summed E-state index contributed by atoms with van der Waals surface area (Å²) in [6, 6.07) is 5.79. The highest BCUT2D eigenvalue weighted by Gasteiger charge is 2.38. The van der Waals surface area contributed by atoms with E-state index in [0.717, 1.165) is 30.5 Å². The maximum absolute atomic E-state index is 12.8. The number of aliphatic hydroxyl groups is 1. The van der Waals surface area contributed by atoms with Crippen molar-refractivity contribution in [1.82, 2.24) is 15.3 Å². The molecule has 31 heavy (non-hydrogen) atoms. The Morgan fingerprint density at radius 2 is 1.81 bits per heavy atom. The number of aromatic nitrogens is 2. The van der Waals surface area contributed by atoms with Crippen LogP contribution >= 0.6 is 0 Å². The van der Waals surface area contributed by atoms with Gasteiger partial charge in [0.05, 0.1) is 36.6 Å². The Labute approximate surface area is 179 Å². The molecule has 0 radical (unpaired) electrons. The number of piperidine rings is 1. The first kappa shape index (κ1) is 21.8. The van der Waals surface area contributed by atoms with Gasteiger partial charge in [-0.2, -0.15) is 13.2 Å². The maximum Gasteiger partial charge on any atom is 0.416 e. The van der Waals surface area contributed by atoms with E-state index in [9.17, 15) is 18.3 Å². The molecule has 2 fully saturated rings. The average molecular weight is 436 g/mol. The number of nitrogens with zero attached hydrogens (tertiary/aromatic N) is 3. The minimum atomic E-state index is -4.32. The monoisotopic (exact) mass is 436 g/mol. The minimum Gasteiger partial charge on any atom is -0.489 e. The minimum absolute atomic E-state index is 0.0706. The van der Waals surface area contributed by atoms with Gasteiger partial charge in [-0.3, -0.25) is 0 Å². The fourth-order valence-electron chi connectivity index (χ4n) is 4.40. The highest BCUT2D eigenvalue weighted by atomic mass is 19.4. The Morgan fingerprint density at radius 3 is 2.39 bits per heavy atom. The average Bonchev–Trinajstić information content (AvgIpc) is 2.70. The molecule has 0 aliphatic carbocycles. The molecule has 0 saturated carbocycles. The molecule has 1 aromatic carbocycles. The maximum atomic E-state index is 12.8. The Hall–Kier alpha value is -2.39. The van der Waals surface area contributed by atoms with Crippen molar-refractivity contribution in [2.45, 2.75) is 56.5 Å². The molecule has 2 saturated heterocycles. The van der Waals surface area contributed by atoms with E-state index in [0.29, 0.717) is 31.4 Å². The molecular formula is C22H27F3N4O2. The van der Waals surface area contributed by atoms with E-state index in [4.69, 9.17) is 4.74 Å². The van der Waals surface area contributed by atoms with Gasteiger partial charge in [0.2, 0.25) is 5.95 Å². The smallest absolute Gasteiger partial charge is 0.416 e. The third-order valence-electron chi connectivity index (χ3n) is 5.85. The number of hydrogen-bond acceptors (Lipinski definition) is 6. The number of anilines is 1. The fraction of sp³-hybridized carbons (Fsp3) is 0.545. The molecule has 0 spiro atoms. The van der Waals surface area contributed by atoms with Crippen LogP contribution in [0.2, 0.25) is 0 Å². The van der Waals surface area contributed by atoms with Gasteiger partial charge in [0, 0.05) is 12.1 Å². The predicted molar refractivity (Wildman–Crippen MR) is 110 cm³/mol. The van der Waals surface area contributed by atoms with E-state index in [2.05, 4.69) is 22.2 Å². The summed E-state index contributed by atoms with van der Waals surface area (Å²) in [6.45, 7) is 5.27. The topological polar surface area (TPSA) is 70.5 Å². The third-order valence-corrected chi connectivity index (χ3v) is 5.85. The number of rotatable bonds is 5. The quantitative estimate of drug-likeness (QED) is 0.749. The summed E-state index contributed by atoms with van der Waals surface area (Å²) in [7, 11) is 0. The van der Waals surface area contributed by atoms with Crippen molar-refractivity contribution in [3.63, 3.8) is 0 Å². The summed E-state index contributed by atoms with van der Waals surface area (Å²) in [5, 5.41) is 13.3. The molecule has 4 rings (SSSR count). The van der Waals surface area contributed by atoms with Crippen LogP contribution in [0.5, 0.6) is 5.75 Å². The van der Waals surface area contributed by atoms with Crippen molar-refractivity contribution in [3.8, 4) is 5.75 Å². The van der Waals surface area contributed by atoms with Crippen LogP contribution in [-0.2, 0) is 6.18 Å². The summed E-state index contributed by atoms with van der Waals surface area (Å²) >= 11 is 0. The lowest BCUT2D eigenvalue weighted by molar-refractivity contribution is -0.137. The van der Waals surface area contributed by atoms with Crippen molar-refractivity contribution >= 4 is 5.95 Å². The second kappa shape index (κ2) is 8.27. The standard InChI is InChI=1S/C22H27F3N4O2/c1-14-7-16(15-3-5-17(6-4-15)22(23,24)25)8-18(28-14)11-31-19-9-26-20(27-10-19)29-12-21(2,30)13-29/h3-6,9-10,14,16,18,28,30H,7-8,11-13H2,1-2H3/t14-,16+,18-/m0/s1. The van der Waals surface area contributed by atoms with Crippen molar-refractivity contribution in [2.75, 3.05) is 24.6 Å². The number of halogens is 3. The summed E-state index contributed by atoms with van der Waals surface area (Å²) in [4.78, 5) is 10.5. The molecule has 3 heterocycles. The van der Waals surface area contributed by atoms with Gasteiger partial charge in [-0.25, -0.2) is 9.97 Å². The molecule has 1 aromatic heterocycles.